The summed E-state index contributed by atoms with van der Waals surface area (Å²) >= 11 is 0. The van der Waals surface area contributed by atoms with E-state index in [2.05, 4.69) is 6.07 Å². The van der Waals surface area contributed by atoms with E-state index in [1.54, 1.807) is 6.92 Å². The lowest BCUT2D eigenvalue weighted by Crippen LogP contribution is -2.11. The second kappa shape index (κ2) is 4.21. The summed E-state index contributed by atoms with van der Waals surface area (Å²) in [5.41, 5.74) is 0. The zero-order valence-corrected chi connectivity index (χ0v) is 7.60. The summed E-state index contributed by atoms with van der Waals surface area (Å²) in [7, 11) is 0. The first-order chi connectivity index (χ1) is 6.13. The van der Waals surface area contributed by atoms with Crippen molar-refractivity contribution in [2.24, 2.45) is 0 Å². The minimum Gasteiger partial charge on any atom is -0.487 e. The molecule has 1 unspecified atom stereocenters. The molecule has 0 bridgehead atoms. The summed E-state index contributed by atoms with van der Waals surface area (Å²) in [6.07, 6.45) is 0.608. The van der Waals surface area contributed by atoms with Gasteiger partial charge in [0.05, 0.1) is 12.2 Å². The van der Waals surface area contributed by atoms with Gasteiger partial charge in [-0.3, -0.25) is 0 Å². The van der Waals surface area contributed by atoms with E-state index in [-0.39, 0.29) is 11.9 Å². The molecule has 0 N–H and O–H groups in total. The molecule has 1 radical (unpaired) electrons. The van der Waals surface area contributed by atoms with Crippen LogP contribution in [0.15, 0.2) is 12.1 Å². The third-order valence-electron chi connectivity index (χ3n) is 1.72. The van der Waals surface area contributed by atoms with E-state index in [1.165, 1.54) is 0 Å². The Kier molecular flexibility index (Phi) is 3.23. The van der Waals surface area contributed by atoms with Crippen LogP contribution >= 0.6 is 0 Å². The Bertz CT molecular complexity index is 286. The van der Waals surface area contributed by atoms with Crippen molar-refractivity contribution in [3.05, 3.63) is 29.8 Å². The number of ether oxygens (including phenoxy) is 1. The van der Waals surface area contributed by atoms with Crippen LogP contribution in [-0.2, 0) is 0 Å². The average Bonchev–Trinajstić information content (AvgIpc) is 2.11. The van der Waals surface area contributed by atoms with Crippen LogP contribution < -0.4 is 4.74 Å². The van der Waals surface area contributed by atoms with Gasteiger partial charge in [-0.05, 0) is 25.5 Å². The summed E-state index contributed by atoms with van der Waals surface area (Å²) in [6, 6.07) is 4.22. The molecule has 0 aromatic heterocycles. The molecule has 1 nitrogen and oxygen atoms in total. The van der Waals surface area contributed by atoms with Crippen LogP contribution in [0, 0.1) is 17.7 Å². The van der Waals surface area contributed by atoms with E-state index in [1.807, 2.05) is 6.92 Å². The van der Waals surface area contributed by atoms with Crippen LogP contribution in [0.1, 0.15) is 20.3 Å². The Morgan fingerprint density at radius 1 is 1.46 bits per heavy atom. The fourth-order valence-electron chi connectivity index (χ4n) is 0.802. The number of rotatable bonds is 3. The zero-order valence-electron chi connectivity index (χ0n) is 7.60. The van der Waals surface area contributed by atoms with Gasteiger partial charge >= 0.3 is 0 Å². The van der Waals surface area contributed by atoms with Crippen LogP contribution in [0.2, 0.25) is 0 Å². The lowest BCUT2D eigenvalue weighted by Gasteiger charge is -2.12. The topological polar surface area (TPSA) is 9.23 Å². The molecule has 0 aliphatic carbocycles. The van der Waals surface area contributed by atoms with Gasteiger partial charge in [0.25, 0.3) is 0 Å². The zero-order chi connectivity index (χ0) is 9.84. The normalized spacial score (nSPS) is 12.6. The molecule has 1 rings (SSSR count). The molecule has 1 atom stereocenters. The van der Waals surface area contributed by atoms with E-state index >= 15 is 0 Å². The van der Waals surface area contributed by atoms with Crippen molar-refractivity contribution in [1.82, 2.24) is 0 Å². The molecule has 0 saturated carbocycles. The average molecular weight is 185 g/mol. The molecule has 1 aromatic rings. The van der Waals surface area contributed by atoms with Gasteiger partial charge in [0.2, 0.25) is 0 Å². The van der Waals surface area contributed by atoms with E-state index in [0.717, 1.165) is 18.6 Å². The fraction of sp³-hybridized carbons (Fsp3) is 0.400. The third-order valence-corrected chi connectivity index (χ3v) is 1.72. The Morgan fingerprint density at radius 2 is 2.15 bits per heavy atom. The number of hydrogen-bond acceptors (Lipinski definition) is 1. The lowest BCUT2D eigenvalue weighted by atomic mass is 10.3. The quantitative estimate of drug-likeness (QED) is 0.703. The lowest BCUT2D eigenvalue weighted by molar-refractivity contribution is 0.206. The highest BCUT2D eigenvalue weighted by Crippen LogP contribution is 2.18. The summed E-state index contributed by atoms with van der Waals surface area (Å²) < 4.78 is 30.6. The monoisotopic (exact) mass is 185 g/mol. The van der Waals surface area contributed by atoms with Crippen LogP contribution in [0.25, 0.3) is 0 Å². The Balaban J connectivity index is 2.81. The maximum absolute atomic E-state index is 12.9. The van der Waals surface area contributed by atoms with Gasteiger partial charge in [0.1, 0.15) is 5.82 Å². The van der Waals surface area contributed by atoms with Crippen LogP contribution in [-0.4, -0.2) is 6.10 Å². The third kappa shape index (κ3) is 2.68. The number of hydrogen-bond donors (Lipinski definition) is 0. The Labute approximate surface area is 76.3 Å². The molecular formula is C10H11F2O. The second-order valence-corrected chi connectivity index (χ2v) is 2.82. The highest BCUT2D eigenvalue weighted by Gasteiger charge is 2.08. The van der Waals surface area contributed by atoms with E-state index in [0.29, 0.717) is 0 Å². The molecule has 0 heterocycles. The molecule has 0 saturated heterocycles. The predicted octanol–water partition coefficient (Wildman–Crippen LogP) is 2.94. The first kappa shape index (κ1) is 9.96. The summed E-state index contributed by atoms with van der Waals surface area (Å²) in [6.45, 7) is 3.69. The summed E-state index contributed by atoms with van der Waals surface area (Å²) in [5, 5.41) is 0. The van der Waals surface area contributed by atoms with Gasteiger partial charge in [-0.15, -0.1) is 0 Å². The molecule has 0 aliphatic heterocycles. The van der Waals surface area contributed by atoms with E-state index in [9.17, 15) is 8.78 Å². The minimum absolute atomic E-state index is 0.132. The smallest absolute Gasteiger partial charge is 0.166 e. The fourth-order valence-corrected chi connectivity index (χ4v) is 0.802. The van der Waals surface area contributed by atoms with Crippen molar-refractivity contribution in [2.45, 2.75) is 26.4 Å². The first-order valence-corrected chi connectivity index (χ1v) is 4.17. The summed E-state index contributed by atoms with van der Waals surface area (Å²) in [5.74, 6) is -1.34. The highest BCUT2D eigenvalue weighted by atomic mass is 19.1. The van der Waals surface area contributed by atoms with Gasteiger partial charge in [0, 0.05) is 0 Å². The molecular weight excluding hydrogens is 174 g/mol. The Hall–Kier alpha value is -1.12. The summed E-state index contributed by atoms with van der Waals surface area (Å²) in [4.78, 5) is 0. The maximum Gasteiger partial charge on any atom is 0.166 e. The number of benzene rings is 1. The van der Waals surface area contributed by atoms with Crippen molar-refractivity contribution in [3.8, 4) is 5.75 Å². The molecule has 0 fully saturated rings. The van der Waals surface area contributed by atoms with Crippen molar-refractivity contribution in [2.75, 3.05) is 0 Å². The first-order valence-electron chi connectivity index (χ1n) is 4.17. The Morgan fingerprint density at radius 3 is 2.77 bits per heavy atom. The van der Waals surface area contributed by atoms with Crippen LogP contribution in [0.4, 0.5) is 8.78 Å². The highest BCUT2D eigenvalue weighted by molar-refractivity contribution is 5.23. The molecule has 1 aromatic carbocycles. The van der Waals surface area contributed by atoms with Gasteiger partial charge in [0.15, 0.2) is 11.6 Å². The van der Waals surface area contributed by atoms with Crippen molar-refractivity contribution in [3.63, 3.8) is 0 Å². The maximum atomic E-state index is 12.9. The van der Waals surface area contributed by atoms with E-state index in [4.69, 9.17) is 4.74 Å². The van der Waals surface area contributed by atoms with Gasteiger partial charge < -0.3 is 4.74 Å². The molecule has 71 valence electrons. The minimum atomic E-state index is -0.611. The van der Waals surface area contributed by atoms with Gasteiger partial charge in [-0.25, -0.2) is 8.78 Å². The van der Waals surface area contributed by atoms with Crippen molar-refractivity contribution in [1.29, 1.82) is 0 Å². The molecule has 0 amide bonds. The molecule has 0 spiro atoms. The molecule has 0 aliphatic rings. The number of halogens is 2. The predicted molar refractivity (Wildman–Crippen MR) is 45.6 cm³/mol. The van der Waals surface area contributed by atoms with Gasteiger partial charge in [-0.2, -0.15) is 0 Å². The standard InChI is InChI=1S/C10H11F2O/c1-3-7(2)13-10-6-8(11)4-5-9(10)12/h4-5,7H,3H2,1-2H3. The van der Waals surface area contributed by atoms with Crippen LogP contribution in [0.3, 0.4) is 0 Å². The van der Waals surface area contributed by atoms with Gasteiger partial charge in [-0.1, -0.05) is 6.92 Å². The van der Waals surface area contributed by atoms with Crippen molar-refractivity contribution >= 4 is 0 Å². The van der Waals surface area contributed by atoms with Crippen molar-refractivity contribution < 1.29 is 13.5 Å². The SMILES string of the molecule is CCC(C)Oc1[c]c(F)ccc1F. The largest absolute Gasteiger partial charge is 0.487 e. The molecule has 13 heavy (non-hydrogen) atoms. The van der Waals surface area contributed by atoms with E-state index < -0.39 is 11.6 Å². The molecule has 3 heteroatoms. The van der Waals surface area contributed by atoms with Crippen LogP contribution in [0.5, 0.6) is 5.75 Å². The second-order valence-electron chi connectivity index (χ2n) is 2.82.